The Balaban J connectivity index is 0.000000460. The molecule has 2 rings (SSSR count). The third kappa shape index (κ3) is 4.73. The van der Waals surface area contributed by atoms with Gasteiger partial charge in [-0.3, -0.25) is 4.79 Å². The van der Waals surface area contributed by atoms with Crippen LogP contribution in [0.2, 0.25) is 0 Å². The van der Waals surface area contributed by atoms with E-state index in [1.807, 2.05) is 0 Å². The number of carboxylic acids is 2. The molecule has 9 nitrogen and oxygen atoms in total. The number of ether oxygens (including phenoxy) is 1. The number of nitrogens with zero attached hydrogens (tertiary/aromatic N) is 1. The zero-order chi connectivity index (χ0) is 16.9. The van der Waals surface area contributed by atoms with E-state index in [9.17, 15) is 24.6 Å². The molecular weight excluding hydrogens is 489 g/mol. The van der Waals surface area contributed by atoms with Crippen molar-refractivity contribution in [3.05, 3.63) is 0 Å². The van der Waals surface area contributed by atoms with E-state index >= 15 is 0 Å². The number of rotatable bonds is 4. The van der Waals surface area contributed by atoms with Crippen LogP contribution in [0.3, 0.4) is 0 Å². The fraction of sp³-hybridized carbons (Fsp3) is 0.769. The summed E-state index contributed by atoms with van der Waals surface area (Å²) < 4.78 is 4.49. The van der Waals surface area contributed by atoms with Crippen molar-refractivity contribution in [2.45, 2.75) is 49.7 Å². The molecule has 2 aliphatic rings. The van der Waals surface area contributed by atoms with E-state index in [2.05, 4.69) is 4.74 Å². The molecule has 2 fully saturated rings. The van der Waals surface area contributed by atoms with Gasteiger partial charge in [-0.05, 0) is 12.8 Å². The number of methoxy groups -OCH3 is 1. The Morgan fingerprint density at radius 1 is 1.22 bits per heavy atom. The first-order valence-electron chi connectivity index (χ1n) is 7.00. The van der Waals surface area contributed by atoms with E-state index < -0.39 is 36.5 Å². The molecular formula is C13H21N3O6Pt. The van der Waals surface area contributed by atoms with Crippen LogP contribution in [-0.2, 0) is 40.2 Å². The molecule has 1 aliphatic heterocycles. The number of hydrogen-bond acceptors (Lipinski definition) is 8. The van der Waals surface area contributed by atoms with Crippen molar-refractivity contribution in [3.63, 3.8) is 0 Å². The van der Waals surface area contributed by atoms with Crippen molar-refractivity contribution < 1.29 is 50.4 Å². The summed E-state index contributed by atoms with van der Waals surface area (Å²) in [5.74, 6) is -4.36. The molecule has 4 N–H and O–H groups in total. The molecule has 1 saturated heterocycles. The molecule has 0 aromatic rings. The second kappa shape index (κ2) is 9.32. The van der Waals surface area contributed by atoms with Gasteiger partial charge in [-0.1, -0.05) is 12.8 Å². The van der Waals surface area contributed by atoms with Crippen LogP contribution in [0.25, 0.3) is 0 Å². The van der Waals surface area contributed by atoms with Gasteiger partial charge in [0.25, 0.3) is 0 Å². The van der Waals surface area contributed by atoms with Crippen molar-refractivity contribution >= 4 is 17.8 Å². The number of nitrogens with two attached hydrogens (primary N) is 2. The van der Waals surface area contributed by atoms with Gasteiger partial charge < -0.3 is 40.9 Å². The van der Waals surface area contributed by atoms with Gasteiger partial charge in [-0.15, -0.1) is 0 Å². The molecule has 134 valence electrons. The second-order valence-electron chi connectivity index (χ2n) is 5.46. The van der Waals surface area contributed by atoms with Crippen molar-refractivity contribution in [1.29, 1.82) is 0 Å². The minimum Gasteiger partial charge on any atom is -0.547 e. The molecule has 1 heterocycles. The third-order valence-corrected chi connectivity index (χ3v) is 3.98. The number of carboxylic acid groups (broad SMARTS) is 2. The minimum atomic E-state index is -2.37. The van der Waals surface area contributed by atoms with Gasteiger partial charge in [0, 0.05) is 19.2 Å². The number of carbonyl (C=O) groups excluding carboxylic acids is 3. The average molecular weight is 510 g/mol. The largest absolute Gasteiger partial charge is 2.00 e. The maximum Gasteiger partial charge on any atom is 2.00 e. The predicted molar refractivity (Wildman–Crippen MR) is 70.5 cm³/mol. The van der Waals surface area contributed by atoms with Gasteiger partial charge in [-0.2, -0.15) is 0 Å². The first-order valence-corrected chi connectivity index (χ1v) is 7.00. The molecule has 2 atom stereocenters. The summed E-state index contributed by atoms with van der Waals surface area (Å²) in [4.78, 5) is 32.7. The Kier molecular flexibility index (Phi) is 8.90. The molecule has 0 spiro atoms. The summed E-state index contributed by atoms with van der Waals surface area (Å²) in [6.45, 7) is -0.416. The SMILES string of the molecule is COCN1C(=O)CC1(C(=O)[O-])C(=O)[O-].NC1CCCCC1N.[Pt+2]. The maximum atomic E-state index is 10.9. The van der Waals surface area contributed by atoms with Crippen molar-refractivity contribution in [1.82, 2.24) is 4.90 Å². The summed E-state index contributed by atoms with van der Waals surface area (Å²) in [5, 5.41) is 21.2. The number of hydrogen-bond donors (Lipinski definition) is 2. The Morgan fingerprint density at radius 2 is 1.65 bits per heavy atom. The quantitative estimate of drug-likeness (QED) is 0.288. The molecule has 10 heteroatoms. The van der Waals surface area contributed by atoms with Crippen LogP contribution in [-0.4, -0.2) is 54.2 Å². The first kappa shape index (κ1) is 22.0. The first-order chi connectivity index (χ1) is 10.3. The Labute approximate surface area is 148 Å². The summed E-state index contributed by atoms with van der Waals surface area (Å²) in [7, 11) is 1.21. The smallest absolute Gasteiger partial charge is 0.547 e. The van der Waals surface area contributed by atoms with Gasteiger partial charge >= 0.3 is 21.1 Å². The molecule has 0 bridgehead atoms. The zero-order valence-electron chi connectivity index (χ0n) is 12.8. The summed E-state index contributed by atoms with van der Waals surface area (Å²) >= 11 is 0. The number of amides is 1. The number of β-lactam (4-membered cyclic amide) rings is 1. The second-order valence-corrected chi connectivity index (χ2v) is 5.46. The number of carbonyl (C=O) groups is 3. The van der Waals surface area contributed by atoms with Crippen molar-refractivity contribution in [2.24, 2.45) is 11.5 Å². The van der Waals surface area contributed by atoms with Gasteiger partial charge in [-0.25, -0.2) is 0 Å². The Morgan fingerprint density at radius 3 is 1.91 bits per heavy atom. The van der Waals surface area contributed by atoms with Crippen LogP contribution >= 0.6 is 0 Å². The van der Waals surface area contributed by atoms with Crippen molar-refractivity contribution in [2.75, 3.05) is 13.8 Å². The van der Waals surface area contributed by atoms with Crippen LogP contribution in [0.5, 0.6) is 0 Å². The molecule has 0 aromatic carbocycles. The monoisotopic (exact) mass is 510 g/mol. The van der Waals surface area contributed by atoms with Crippen LogP contribution in [0.4, 0.5) is 0 Å². The van der Waals surface area contributed by atoms with E-state index in [-0.39, 0.29) is 33.1 Å². The summed E-state index contributed by atoms with van der Waals surface area (Å²) in [6, 6.07) is 0.562. The fourth-order valence-corrected chi connectivity index (χ4v) is 2.48. The number of aliphatic carboxylic acids is 2. The summed E-state index contributed by atoms with van der Waals surface area (Å²) in [5.41, 5.74) is 8.94. The third-order valence-electron chi connectivity index (χ3n) is 3.98. The zero-order valence-corrected chi connectivity index (χ0v) is 15.0. The Bertz CT molecular complexity index is 423. The van der Waals surface area contributed by atoms with Gasteiger partial charge in [0.2, 0.25) is 5.91 Å². The molecule has 1 aliphatic carbocycles. The van der Waals surface area contributed by atoms with E-state index in [0.29, 0.717) is 4.90 Å². The summed E-state index contributed by atoms with van der Waals surface area (Å²) in [6.07, 6.45) is 4.15. The van der Waals surface area contributed by atoms with Crippen LogP contribution in [0.1, 0.15) is 32.1 Å². The molecule has 0 radical (unpaired) electrons. The Hall–Kier alpha value is -1.02. The average Bonchev–Trinajstić information content (AvgIpc) is 2.45. The standard InChI is InChI=1S/C7H9NO6.C6H14N2.Pt/c1-14-3-8-4(9)2-7(8,5(10)11)6(12)13;7-5-3-1-2-4-6(5)8;/h2-3H2,1H3,(H,10,11)(H,12,13);5-6H,1-4,7-8H2;/q;;+2/p-2. The topological polar surface area (TPSA) is 162 Å². The van der Waals surface area contributed by atoms with Crippen molar-refractivity contribution in [3.8, 4) is 0 Å². The molecule has 1 amide bonds. The predicted octanol–water partition coefficient (Wildman–Crippen LogP) is -3.73. The van der Waals surface area contributed by atoms with Gasteiger partial charge in [0.15, 0.2) is 0 Å². The van der Waals surface area contributed by atoms with Gasteiger partial charge in [0.1, 0.15) is 12.3 Å². The minimum absolute atomic E-state index is 0. The van der Waals surface area contributed by atoms with Gasteiger partial charge in [0.05, 0.1) is 18.4 Å². The number of likely N-dealkylation sites (tertiary alicyclic amines) is 1. The van der Waals surface area contributed by atoms with Crippen LogP contribution in [0, 0.1) is 0 Å². The van der Waals surface area contributed by atoms with E-state index in [1.54, 1.807) is 0 Å². The molecule has 1 saturated carbocycles. The van der Waals surface area contributed by atoms with E-state index in [4.69, 9.17) is 11.5 Å². The molecule has 0 aromatic heterocycles. The maximum absolute atomic E-state index is 10.9. The fourth-order valence-electron chi connectivity index (χ4n) is 2.48. The van der Waals surface area contributed by atoms with Crippen LogP contribution < -0.4 is 21.7 Å². The normalized spacial score (nSPS) is 25.3. The van der Waals surface area contributed by atoms with E-state index in [0.717, 1.165) is 12.8 Å². The van der Waals surface area contributed by atoms with E-state index in [1.165, 1.54) is 20.0 Å². The molecule has 2 unspecified atom stereocenters. The molecule has 23 heavy (non-hydrogen) atoms. The van der Waals surface area contributed by atoms with Crippen LogP contribution in [0.15, 0.2) is 0 Å².